The zero-order valence-electron chi connectivity index (χ0n) is 14.2. The third kappa shape index (κ3) is 5.74. The molecule has 0 aliphatic carbocycles. The molecular weight excluding hydrogens is 280 g/mol. The summed E-state index contributed by atoms with van der Waals surface area (Å²) >= 11 is 2.09. The summed E-state index contributed by atoms with van der Waals surface area (Å²) in [4.78, 5) is 2.43. The lowest BCUT2D eigenvalue weighted by atomic mass is 9.85. The minimum absolute atomic E-state index is 0.221. The van der Waals surface area contributed by atoms with E-state index < -0.39 is 0 Å². The van der Waals surface area contributed by atoms with E-state index in [0.717, 1.165) is 6.61 Å². The molecule has 2 heterocycles. The van der Waals surface area contributed by atoms with Crippen molar-refractivity contribution in [2.24, 2.45) is 0 Å². The van der Waals surface area contributed by atoms with Gasteiger partial charge in [0.05, 0.1) is 5.60 Å². The lowest BCUT2D eigenvalue weighted by Gasteiger charge is -2.43. The number of hydrogen-bond donors (Lipinski definition) is 1. The van der Waals surface area contributed by atoms with Gasteiger partial charge in [-0.2, -0.15) is 11.8 Å². The summed E-state index contributed by atoms with van der Waals surface area (Å²) in [6.45, 7) is 7.87. The Bertz CT molecular complexity index is 287. The first-order chi connectivity index (χ1) is 10.1. The molecule has 124 valence electrons. The van der Waals surface area contributed by atoms with Crippen LogP contribution in [0.5, 0.6) is 0 Å². The second-order valence-corrected chi connectivity index (χ2v) is 8.29. The number of hydrogen-bond acceptors (Lipinski definition) is 4. The zero-order valence-corrected chi connectivity index (χ0v) is 15.0. The molecule has 2 saturated heterocycles. The van der Waals surface area contributed by atoms with E-state index in [9.17, 15) is 0 Å². The van der Waals surface area contributed by atoms with Crippen LogP contribution in [0.4, 0.5) is 0 Å². The smallest absolute Gasteiger partial charge is 0.0713 e. The Morgan fingerprint density at radius 3 is 2.76 bits per heavy atom. The van der Waals surface area contributed by atoms with Crippen LogP contribution in [0.25, 0.3) is 0 Å². The second-order valence-electron chi connectivity index (χ2n) is 7.07. The topological polar surface area (TPSA) is 24.5 Å². The van der Waals surface area contributed by atoms with Crippen molar-refractivity contribution in [3.8, 4) is 0 Å². The molecule has 0 aromatic heterocycles. The predicted molar refractivity (Wildman–Crippen MR) is 93.3 cm³/mol. The SMILES string of the molecule is CC(C)N(C)CCCCNC1CCOC2(CCSCC2)C1. The number of ether oxygens (including phenoxy) is 1. The van der Waals surface area contributed by atoms with Gasteiger partial charge in [0.15, 0.2) is 0 Å². The molecule has 0 bridgehead atoms. The fourth-order valence-electron chi connectivity index (χ4n) is 3.34. The van der Waals surface area contributed by atoms with E-state index in [1.165, 1.54) is 63.1 Å². The van der Waals surface area contributed by atoms with Gasteiger partial charge >= 0.3 is 0 Å². The molecule has 1 N–H and O–H groups in total. The van der Waals surface area contributed by atoms with Crippen LogP contribution in [0.15, 0.2) is 0 Å². The molecule has 2 aliphatic heterocycles. The van der Waals surface area contributed by atoms with Crippen molar-refractivity contribution < 1.29 is 4.74 Å². The Hall–Kier alpha value is 0.230. The van der Waals surface area contributed by atoms with Crippen LogP contribution < -0.4 is 5.32 Å². The Labute approximate surface area is 135 Å². The first kappa shape index (κ1) is 17.6. The van der Waals surface area contributed by atoms with Crippen LogP contribution in [0.3, 0.4) is 0 Å². The van der Waals surface area contributed by atoms with Crippen molar-refractivity contribution in [1.82, 2.24) is 10.2 Å². The Balaban J connectivity index is 1.60. The van der Waals surface area contributed by atoms with Gasteiger partial charge < -0.3 is 15.0 Å². The fraction of sp³-hybridized carbons (Fsp3) is 1.00. The van der Waals surface area contributed by atoms with E-state index in [0.29, 0.717) is 12.1 Å². The van der Waals surface area contributed by atoms with E-state index in [1.807, 2.05) is 0 Å². The summed E-state index contributed by atoms with van der Waals surface area (Å²) in [6, 6.07) is 1.35. The second kappa shape index (κ2) is 8.76. The van der Waals surface area contributed by atoms with E-state index in [2.05, 4.69) is 42.9 Å². The molecule has 2 fully saturated rings. The van der Waals surface area contributed by atoms with Gasteiger partial charge in [-0.05, 0) is 84.0 Å². The van der Waals surface area contributed by atoms with Gasteiger partial charge in [-0.15, -0.1) is 0 Å². The minimum atomic E-state index is 0.221. The monoisotopic (exact) mass is 314 g/mol. The van der Waals surface area contributed by atoms with Crippen LogP contribution in [0, 0.1) is 0 Å². The van der Waals surface area contributed by atoms with E-state index in [4.69, 9.17) is 4.74 Å². The molecule has 0 aromatic carbocycles. The van der Waals surface area contributed by atoms with E-state index in [-0.39, 0.29) is 5.60 Å². The molecule has 21 heavy (non-hydrogen) atoms. The van der Waals surface area contributed by atoms with Crippen molar-refractivity contribution >= 4 is 11.8 Å². The lowest BCUT2D eigenvalue weighted by Crippen LogP contribution is -2.49. The summed E-state index contributed by atoms with van der Waals surface area (Å²) in [7, 11) is 2.22. The third-order valence-electron chi connectivity index (χ3n) is 5.15. The highest BCUT2D eigenvalue weighted by atomic mass is 32.2. The molecule has 2 rings (SSSR count). The quantitative estimate of drug-likeness (QED) is 0.730. The molecular formula is C17H34N2OS. The summed E-state index contributed by atoms with van der Waals surface area (Å²) < 4.78 is 6.16. The average molecular weight is 315 g/mol. The first-order valence-corrected chi connectivity index (χ1v) is 9.92. The van der Waals surface area contributed by atoms with Gasteiger partial charge in [0.1, 0.15) is 0 Å². The lowest BCUT2D eigenvalue weighted by molar-refractivity contribution is -0.0930. The normalized spacial score (nSPS) is 25.9. The van der Waals surface area contributed by atoms with Crippen LogP contribution in [-0.2, 0) is 4.74 Å². The number of unbranched alkanes of at least 4 members (excludes halogenated alkanes) is 1. The summed E-state index contributed by atoms with van der Waals surface area (Å²) in [5, 5.41) is 3.79. The molecule has 3 nitrogen and oxygen atoms in total. The molecule has 0 saturated carbocycles. The zero-order chi connectivity index (χ0) is 15.1. The molecule has 0 radical (unpaired) electrons. The van der Waals surface area contributed by atoms with E-state index >= 15 is 0 Å². The number of rotatable bonds is 7. The first-order valence-electron chi connectivity index (χ1n) is 8.77. The minimum Gasteiger partial charge on any atom is -0.375 e. The predicted octanol–water partition coefficient (Wildman–Crippen LogP) is 3.14. The fourth-order valence-corrected chi connectivity index (χ4v) is 4.58. The Morgan fingerprint density at radius 1 is 1.29 bits per heavy atom. The highest BCUT2D eigenvalue weighted by molar-refractivity contribution is 7.99. The van der Waals surface area contributed by atoms with Crippen molar-refractivity contribution in [2.45, 2.75) is 70.1 Å². The standard InChI is InChI=1S/C17H34N2OS/c1-15(2)19(3)10-5-4-9-18-16-6-11-20-17(14-16)7-12-21-13-8-17/h15-16,18H,4-14H2,1-3H3. The Morgan fingerprint density at radius 2 is 2.05 bits per heavy atom. The maximum Gasteiger partial charge on any atom is 0.0713 e. The maximum atomic E-state index is 6.16. The molecule has 0 amide bonds. The number of nitrogens with one attached hydrogen (secondary N) is 1. The summed E-state index contributed by atoms with van der Waals surface area (Å²) in [6.07, 6.45) is 7.54. The largest absolute Gasteiger partial charge is 0.375 e. The maximum absolute atomic E-state index is 6.16. The van der Waals surface area contributed by atoms with Crippen molar-refractivity contribution in [1.29, 1.82) is 0 Å². The summed E-state index contributed by atoms with van der Waals surface area (Å²) in [5.41, 5.74) is 0.221. The van der Waals surface area contributed by atoms with Crippen LogP contribution in [-0.4, -0.2) is 60.8 Å². The van der Waals surface area contributed by atoms with Gasteiger partial charge in [-0.25, -0.2) is 0 Å². The van der Waals surface area contributed by atoms with Crippen LogP contribution in [0.1, 0.15) is 52.4 Å². The Kier molecular flexibility index (Phi) is 7.33. The molecule has 1 spiro atoms. The highest BCUT2D eigenvalue weighted by Gasteiger charge is 2.38. The van der Waals surface area contributed by atoms with Gasteiger partial charge in [0.25, 0.3) is 0 Å². The number of nitrogens with zero attached hydrogens (tertiary/aromatic N) is 1. The molecule has 1 unspecified atom stereocenters. The van der Waals surface area contributed by atoms with Crippen LogP contribution >= 0.6 is 11.8 Å². The van der Waals surface area contributed by atoms with Gasteiger partial charge in [0.2, 0.25) is 0 Å². The van der Waals surface area contributed by atoms with Gasteiger partial charge in [-0.1, -0.05) is 0 Å². The van der Waals surface area contributed by atoms with Gasteiger partial charge in [0, 0.05) is 18.7 Å². The molecule has 1 atom stereocenters. The molecule has 2 aliphatic rings. The highest BCUT2D eigenvalue weighted by Crippen LogP contribution is 2.37. The third-order valence-corrected chi connectivity index (χ3v) is 6.13. The molecule has 0 aromatic rings. The van der Waals surface area contributed by atoms with Crippen LogP contribution in [0.2, 0.25) is 0 Å². The van der Waals surface area contributed by atoms with Crippen molar-refractivity contribution in [2.75, 3.05) is 38.2 Å². The average Bonchev–Trinajstić information content (AvgIpc) is 2.47. The van der Waals surface area contributed by atoms with Crippen molar-refractivity contribution in [3.05, 3.63) is 0 Å². The number of thioether (sulfide) groups is 1. The van der Waals surface area contributed by atoms with E-state index in [1.54, 1.807) is 0 Å². The van der Waals surface area contributed by atoms with Gasteiger partial charge in [-0.3, -0.25) is 0 Å². The molecule has 4 heteroatoms. The van der Waals surface area contributed by atoms with Crippen molar-refractivity contribution in [3.63, 3.8) is 0 Å². The summed E-state index contributed by atoms with van der Waals surface area (Å²) in [5.74, 6) is 2.57.